The molecule has 2 aromatic rings. The number of amides is 2. The zero-order chi connectivity index (χ0) is 28.9. The van der Waals surface area contributed by atoms with Gasteiger partial charge < -0.3 is 20.6 Å². The van der Waals surface area contributed by atoms with E-state index in [2.05, 4.69) is 10.6 Å². The fourth-order valence-corrected chi connectivity index (χ4v) is 6.76. The summed E-state index contributed by atoms with van der Waals surface area (Å²) in [5.41, 5.74) is 0.221. The second-order valence-corrected chi connectivity index (χ2v) is 12.4. The van der Waals surface area contributed by atoms with Gasteiger partial charge in [0.15, 0.2) is 0 Å². The Hall–Kier alpha value is -2.93. The number of carbonyl (C=O) groups is 2. The number of unbranched alkanes of at least 4 members (excludes halogenated alkanes) is 1. The molecule has 0 aliphatic carbocycles. The number of rotatable bonds is 11. The fraction of sp³-hybridized carbons (Fsp3) is 0.500. The number of carbonyl (C=O) groups excluding carboxylic acids is 2. The molecule has 2 saturated heterocycles. The summed E-state index contributed by atoms with van der Waals surface area (Å²) in [5, 5.41) is 17.4. The maximum absolute atomic E-state index is 14.0. The van der Waals surface area contributed by atoms with Gasteiger partial charge in [-0.05, 0) is 42.7 Å². The summed E-state index contributed by atoms with van der Waals surface area (Å²) in [5.74, 6) is -2.78. The number of likely N-dealkylation sites (tertiary alicyclic amines) is 1. The molecule has 218 valence electrons. The first-order chi connectivity index (χ1) is 19.1. The highest BCUT2D eigenvalue weighted by Gasteiger charge is 2.39. The molecular weight excluding hydrogens is 542 g/mol. The molecule has 3 N–H and O–H groups in total. The predicted octanol–water partition coefficient (Wildman–Crippen LogP) is 1.66. The number of nitrogens with zero attached hydrogens (tertiary/aromatic N) is 2. The van der Waals surface area contributed by atoms with Crippen LogP contribution < -0.4 is 10.6 Å². The molecule has 2 fully saturated rings. The Morgan fingerprint density at radius 2 is 1.85 bits per heavy atom. The summed E-state index contributed by atoms with van der Waals surface area (Å²) >= 11 is 0. The van der Waals surface area contributed by atoms with E-state index in [1.54, 1.807) is 23.1 Å². The van der Waals surface area contributed by atoms with Crippen molar-refractivity contribution < 1.29 is 31.9 Å². The van der Waals surface area contributed by atoms with Crippen LogP contribution >= 0.6 is 0 Å². The summed E-state index contributed by atoms with van der Waals surface area (Å²) in [6, 6.07) is 9.16. The number of hydrogen-bond acceptors (Lipinski definition) is 6. The maximum atomic E-state index is 14.0. The van der Waals surface area contributed by atoms with Crippen LogP contribution in [0.2, 0.25) is 0 Å². The molecule has 0 bridgehead atoms. The zero-order valence-corrected chi connectivity index (χ0v) is 23.2. The van der Waals surface area contributed by atoms with Gasteiger partial charge in [-0.3, -0.25) is 9.59 Å². The van der Waals surface area contributed by atoms with Crippen molar-refractivity contribution in [1.29, 1.82) is 0 Å². The lowest BCUT2D eigenvalue weighted by Crippen LogP contribution is -2.62. The maximum Gasteiger partial charge on any atom is 0.243 e. The SMILES string of the molecule is CCCCN1CC(C(=O)NC(Cc2cc(F)cc(F)c2)[C@H](O)[C@H]2CN(S(=O)(=O)c3ccccc3)CCN2)CC1=O. The lowest BCUT2D eigenvalue weighted by molar-refractivity contribution is -0.129. The third-order valence-electron chi connectivity index (χ3n) is 7.45. The van der Waals surface area contributed by atoms with E-state index in [0.717, 1.165) is 31.0 Å². The summed E-state index contributed by atoms with van der Waals surface area (Å²) in [4.78, 5) is 27.5. The Labute approximate surface area is 233 Å². The first-order valence-corrected chi connectivity index (χ1v) is 15.0. The third-order valence-corrected chi connectivity index (χ3v) is 9.33. The standard InChI is InChI=1S/C28H36F2N4O5S/c1-2-3-10-33-17-20(15-26(33)35)28(37)32-24(14-19-12-21(29)16-22(30)13-19)27(36)25-18-34(11-9-31-25)40(38,39)23-7-5-4-6-8-23/h4-8,12-13,16,20,24-25,27,31,36H,2-3,9-11,14-15,17-18H2,1H3,(H,32,37)/t20?,24?,25-,27+/m1/s1. The van der Waals surface area contributed by atoms with Crippen LogP contribution in [-0.4, -0.2) is 85.5 Å². The molecule has 2 aliphatic heterocycles. The lowest BCUT2D eigenvalue weighted by Gasteiger charge is -2.38. The average molecular weight is 579 g/mol. The predicted molar refractivity (Wildman–Crippen MR) is 145 cm³/mol. The summed E-state index contributed by atoms with van der Waals surface area (Å²) in [6.07, 6.45) is 0.355. The van der Waals surface area contributed by atoms with Crippen molar-refractivity contribution in [1.82, 2.24) is 19.8 Å². The Morgan fingerprint density at radius 1 is 1.15 bits per heavy atom. The van der Waals surface area contributed by atoms with E-state index in [1.165, 1.54) is 16.4 Å². The minimum absolute atomic E-state index is 0.0394. The number of hydrogen-bond donors (Lipinski definition) is 3. The second-order valence-electron chi connectivity index (χ2n) is 10.4. The molecule has 2 unspecified atom stereocenters. The molecule has 40 heavy (non-hydrogen) atoms. The quantitative estimate of drug-likeness (QED) is 0.373. The van der Waals surface area contributed by atoms with Gasteiger partial charge in [-0.15, -0.1) is 0 Å². The summed E-state index contributed by atoms with van der Waals surface area (Å²) in [7, 11) is -3.83. The number of halogens is 2. The van der Waals surface area contributed by atoms with Gasteiger partial charge >= 0.3 is 0 Å². The largest absolute Gasteiger partial charge is 0.389 e. The average Bonchev–Trinajstić information content (AvgIpc) is 3.31. The normalized spacial score (nSPS) is 21.8. The number of piperazine rings is 1. The Balaban J connectivity index is 1.52. The van der Waals surface area contributed by atoms with Crippen LogP contribution in [0.3, 0.4) is 0 Å². The zero-order valence-electron chi connectivity index (χ0n) is 22.4. The van der Waals surface area contributed by atoms with Gasteiger partial charge in [0.2, 0.25) is 21.8 Å². The van der Waals surface area contributed by atoms with E-state index in [1.807, 2.05) is 6.92 Å². The molecule has 0 radical (unpaired) electrons. The molecule has 2 amide bonds. The van der Waals surface area contributed by atoms with Crippen molar-refractivity contribution in [3.05, 3.63) is 65.7 Å². The molecule has 4 atom stereocenters. The van der Waals surface area contributed by atoms with Crippen LogP contribution in [0, 0.1) is 17.6 Å². The van der Waals surface area contributed by atoms with E-state index >= 15 is 0 Å². The Bertz CT molecular complexity index is 1280. The smallest absolute Gasteiger partial charge is 0.243 e. The van der Waals surface area contributed by atoms with Gasteiger partial charge in [-0.1, -0.05) is 31.5 Å². The molecular formula is C28H36F2N4O5S. The Kier molecular flexibility index (Phi) is 9.88. The van der Waals surface area contributed by atoms with Gasteiger partial charge in [-0.25, -0.2) is 17.2 Å². The van der Waals surface area contributed by atoms with Gasteiger partial charge in [0.05, 0.1) is 23.0 Å². The van der Waals surface area contributed by atoms with Crippen LogP contribution in [0.15, 0.2) is 53.4 Å². The van der Waals surface area contributed by atoms with Crippen molar-refractivity contribution in [2.24, 2.45) is 5.92 Å². The minimum atomic E-state index is -3.83. The number of benzene rings is 2. The second kappa shape index (κ2) is 13.2. The number of aliphatic hydroxyl groups is 1. The van der Waals surface area contributed by atoms with Gasteiger partial charge in [0.25, 0.3) is 0 Å². The molecule has 9 nitrogen and oxygen atoms in total. The first kappa shape index (κ1) is 30.0. The van der Waals surface area contributed by atoms with Crippen LogP contribution in [0.25, 0.3) is 0 Å². The third kappa shape index (κ3) is 7.22. The van der Waals surface area contributed by atoms with E-state index in [0.29, 0.717) is 6.54 Å². The van der Waals surface area contributed by atoms with Crippen molar-refractivity contribution in [2.45, 2.75) is 55.7 Å². The highest BCUT2D eigenvalue weighted by molar-refractivity contribution is 7.89. The summed E-state index contributed by atoms with van der Waals surface area (Å²) < 4.78 is 55.6. The van der Waals surface area contributed by atoms with Crippen molar-refractivity contribution in [2.75, 3.05) is 32.7 Å². The minimum Gasteiger partial charge on any atom is -0.389 e. The monoisotopic (exact) mass is 578 g/mol. The van der Waals surface area contributed by atoms with Gasteiger partial charge in [0.1, 0.15) is 11.6 Å². The lowest BCUT2D eigenvalue weighted by atomic mass is 9.94. The molecule has 0 aromatic heterocycles. The van der Waals surface area contributed by atoms with Crippen LogP contribution in [0.1, 0.15) is 31.7 Å². The molecule has 0 spiro atoms. The van der Waals surface area contributed by atoms with E-state index in [4.69, 9.17) is 0 Å². The Morgan fingerprint density at radius 3 is 2.52 bits per heavy atom. The van der Waals surface area contributed by atoms with Crippen molar-refractivity contribution >= 4 is 21.8 Å². The number of sulfonamides is 1. The first-order valence-electron chi connectivity index (χ1n) is 13.6. The summed E-state index contributed by atoms with van der Waals surface area (Å²) in [6.45, 7) is 3.20. The molecule has 12 heteroatoms. The van der Waals surface area contributed by atoms with Crippen LogP contribution in [0.5, 0.6) is 0 Å². The molecule has 2 aromatic carbocycles. The molecule has 4 rings (SSSR count). The van der Waals surface area contributed by atoms with Crippen LogP contribution in [0.4, 0.5) is 8.78 Å². The van der Waals surface area contributed by atoms with Gasteiger partial charge in [0, 0.05) is 51.3 Å². The van der Waals surface area contributed by atoms with E-state index in [9.17, 15) is 31.9 Å². The number of nitrogens with one attached hydrogen (secondary N) is 2. The van der Waals surface area contributed by atoms with Gasteiger partial charge in [-0.2, -0.15) is 4.31 Å². The molecule has 2 aliphatic rings. The van der Waals surface area contributed by atoms with E-state index in [-0.39, 0.29) is 55.4 Å². The topological polar surface area (TPSA) is 119 Å². The number of aliphatic hydroxyl groups excluding tert-OH is 1. The van der Waals surface area contributed by atoms with Crippen LogP contribution in [-0.2, 0) is 26.0 Å². The van der Waals surface area contributed by atoms with E-state index < -0.39 is 51.7 Å². The van der Waals surface area contributed by atoms with Crippen molar-refractivity contribution in [3.8, 4) is 0 Å². The highest BCUT2D eigenvalue weighted by Crippen LogP contribution is 2.22. The highest BCUT2D eigenvalue weighted by atomic mass is 32.2. The van der Waals surface area contributed by atoms with Crippen molar-refractivity contribution in [3.63, 3.8) is 0 Å². The molecule has 2 heterocycles. The molecule has 0 saturated carbocycles. The fourth-order valence-electron chi connectivity index (χ4n) is 5.27.